The molecule has 190 valence electrons. The van der Waals surface area contributed by atoms with Gasteiger partial charge in [0, 0.05) is 56.2 Å². The Morgan fingerprint density at radius 2 is 2.03 bits per heavy atom. The lowest BCUT2D eigenvalue weighted by atomic mass is 9.93. The summed E-state index contributed by atoms with van der Waals surface area (Å²) in [5.74, 6) is 0.716. The minimum atomic E-state index is -0.288. The fraction of sp³-hybridized carbons (Fsp3) is 0.577. The summed E-state index contributed by atoms with van der Waals surface area (Å²) in [7, 11) is 1.40. The van der Waals surface area contributed by atoms with Crippen molar-refractivity contribution in [1.29, 1.82) is 0 Å². The lowest BCUT2D eigenvalue weighted by molar-refractivity contribution is -0.146. The van der Waals surface area contributed by atoms with Crippen LogP contribution in [0.1, 0.15) is 62.8 Å². The van der Waals surface area contributed by atoms with Gasteiger partial charge in [0.1, 0.15) is 17.2 Å². The molecule has 2 aromatic heterocycles. The molecule has 0 unspecified atom stereocenters. The number of rotatable bonds is 8. The summed E-state index contributed by atoms with van der Waals surface area (Å²) in [6.45, 7) is 12.5. The number of ether oxygens (including phenoxy) is 1. The van der Waals surface area contributed by atoms with E-state index < -0.39 is 0 Å². The van der Waals surface area contributed by atoms with Crippen molar-refractivity contribution in [3.05, 3.63) is 47.7 Å². The van der Waals surface area contributed by atoms with Gasteiger partial charge < -0.3 is 20.3 Å². The predicted octanol–water partition coefficient (Wildman–Crippen LogP) is 3.03. The highest BCUT2D eigenvalue weighted by atomic mass is 16.5. The van der Waals surface area contributed by atoms with Gasteiger partial charge >= 0.3 is 5.97 Å². The van der Waals surface area contributed by atoms with E-state index in [-0.39, 0.29) is 35.2 Å². The molecule has 0 aliphatic carbocycles. The van der Waals surface area contributed by atoms with Gasteiger partial charge in [0.25, 0.3) is 5.91 Å². The van der Waals surface area contributed by atoms with Gasteiger partial charge in [-0.3, -0.25) is 14.6 Å². The van der Waals surface area contributed by atoms with Crippen LogP contribution in [-0.2, 0) is 21.5 Å². The Bertz CT molecular complexity index is 1010. The summed E-state index contributed by atoms with van der Waals surface area (Å²) < 4.78 is 4.96. The van der Waals surface area contributed by atoms with E-state index in [4.69, 9.17) is 9.72 Å². The highest BCUT2D eigenvalue weighted by Gasteiger charge is 2.35. The smallest absolute Gasteiger partial charge is 0.310 e. The van der Waals surface area contributed by atoms with Gasteiger partial charge in [0.05, 0.1) is 13.0 Å². The Balaban J connectivity index is 1.93. The van der Waals surface area contributed by atoms with Gasteiger partial charge in [0.15, 0.2) is 0 Å². The Labute approximate surface area is 208 Å². The van der Waals surface area contributed by atoms with E-state index in [9.17, 15) is 9.59 Å². The molecular formula is C26H38N6O3. The van der Waals surface area contributed by atoms with Crippen LogP contribution in [0.4, 0.5) is 5.82 Å². The van der Waals surface area contributed by atoms with Crippen molar-refractivity contribution in [2.24, 2.45) is 11.8 Å². The molecule has 0 spiro atoms. The van der Waals surface area contributed by atoms with Crippen LogP contribution in [0.5, 0.6) is 0 Å². The molecule has 1 fully saturated rings. The van der Waals surface area contributed by atoms with Crippen LogP contribution < -0.4 is 10.6 Å². The first-order valence-electron chi connectivity index (χ1n) is 12.2. The van der Waals surface area contributed by atoms with Gasteiger partial charge in [-0.2, -0.15) is 0 Å². The molecule has 35 heavy (non-hydrogen) atoms. The fourth-order valence-electron chi connectivity index (χ4n) is 4.17. The third kappa shape index (κ3) is 6.97. The summed E-state index contributed by atoms with van der Waals surface area (Å²) in [5.41, 5.74) is 1.13. The minimum Gasteiger partial charge on any atom is -0.469 e. The summed E-state index contributed by atoms with van der Waals surface area (Å²) >= 11 is 0. The Kier molecular flexibility index (Phi) is 8.77. The van der Waals surface area contributed by atoms with E-state index in [2.05, 4.69) is 34.4 Å². The number of aromatic nitrogens is 3. The van der Waals surface area contributed by atoms with E-state index in [1.54, 1.807) is 18.6 Å². The molecule has 0 bridgehead atoms. The van der Waals surface area contributed by atoms with Gasteiger partial charge in [-0.05, 0) is 24.0 Å². The number of hydrogen-bond acceptors (Lipinski definition) is 8. The maximum Gasteiger partial charge on any atom is 0.310 e. The summed E-state index contributed by atoms with van der Waals surface area (Å²) in [5, 5.41) is 6.64. The third-order valence-electron chi connectivity index (χ3n) is 6.00. The number of pyridine rings is 1. The Morgan fingerprint density at radius 3 is 2.66 bits per heavy atom. The summed E-state index contributed by atoms with van der Waals surface area (Å²) in [4.78, 5) is 41.5. The average molecular weight is 483 g/mol. The first-order valence-corrected chi connectivity index (χ1v) is 12.2. The number of piperidine rings is 1. The first-order chi connectivity index (χ1) is 16.6. The van der Waals surface area contributed by atoms with Crippen molar-refractivity contribution in [2.75, 3.05) is 32.1 Å². The maximum atomic E-state index is 14.0. The predicted molar refractivity (Wildman–Crippen MR) is 135 cm³/mol. The van der Waals surface area contributed by atoms with Crippen molar-refractivity contribution >= 4 is 17.7 Å². The normalized spacial score (nSPS) is 18.3. The van der Waals surface area contributed by atoms with Crippen molar-refractivity contribution < 1.29 is 14.3 Å². The van der Waals surface area contributed by atoms with E-state index in [1.807, 2.05) is 37.8 Å². The lowest BCUT2D eigenvalue weighted by Crippen LogP contribution is -2.53. The highest BCUT2D eigenvalue weighted by molar-refractivity contribution is 5.98. The van der Waals surface area contributed by atoms with E-state index in [1.165, 1.54) is 7.11 Å². The van der Waals surface area contributed by atoms with E-state index >= 15 is 0 Å². The quantitative estimate of drug-likeness (QED) is 0.553. The number of anilines is 1. The van der Waals surface area contributed by atoms with E-state index in [0.717, 1.165) is 5.56 Å². The molecule has 0 saturated carbocycles. The number of hydrogen-bond donors (Lipinski definition) is 2. The van der Waals surface area contributed by atoms with Crippen LogP contribution in [0.2, 0.25) is 0 Å². The molecule has 1 aliphatic rings. The van der Waals surface area contributed by atoms with Gasteiger partial charge in [-0.25, -0.2) is 9.97 Å². The molecule has 1 amide bonds. The van der Waals surface area contributed by atoms with Gasteiger partial charge in [-0.1, -0.05) is 40.7 Å². The Morgan fingerprint density at radius 1 is 1.26 bits per heavy atom. The molecule has 9 heteroatoms. The number of amides is 1. The van der Waals surface area contributed by atoms with Crippen LogP contribution in [0.15, 0.2) is 30.7 Å². The maximum absolute atomic E-state index is 14.0. The molecule has 0 aromatic carbocycles. The molecule has 3 heterocycles. The first kappa shape index (κ1) is 26.5. The molecule has 2 aromatic rings. The number of nitrogens with one attached hydrogen (secondary N) is 2. The second-order valence-electron chi connectivity index (χ2n) is 10.5. The van der Waals surface area contributed by atoms with Crippen molar-refractivity contribution in [3.8, 4) is 0 Å². The lowest BCUT2D eigenvalue weighted by Gasteiger charge is -2.38. The standard InChI is InChI=1S/C26H38N6O3/c1-17(2)16-32(20-10-19(13-28-14-20)24(34)35-6)23(33)21-15-30-25(26(3,4)5)31-22(21)29-12-18-8-7-9-27-11-18/h7-9,11,15,17,19-20,28H,10,12-14,16H2,1-6H3,(H,29,30,31)/t19-,20-/m0/s1. The van der Waals surface area contributed by atoms with E-state index in [0.29, 0.717) is 49.8 Å². The molecule has 2 atom stereocenters. The summed E-state index contributed by atoms with van der Waals surface area (Å²) in [6.07, 6.45) is 5.69. The molecule has 3 rings (SSSR count). The van der Waals surface area contributed by atoms with Crippen molar-refractivity contribution in [2.45, 2.75) is 59.0 Å². The van der Waals surface area contributed by atoms with Crippen molar-refractivity contribution in [3.63, 3.8) is 0 Å². The molecule has 9 nitrogen and oxygen atoms in total. The second-order valence-corrected chi connectivity index (χ2v) is 10.5. The third-order valence-corrected chi connectivity index (χ3v) is 6.00. The number of nitrogens with zero attached hydrogens (tertiary/aromatic N) is 4. The number of esters is 1. The largest absolute Gasteiger partial charge is 0.469 e. The summed E-state index contributed by atoms with van der Waals surface area (Å²) in [6, 6.07) is 3.71. The number of carbonyl (C=O) groups excluding carboxylic acids is 2. The zero-order valence-corrected chi connectivity index (χ0v) is 21.7. The minimum absolute atomic E-state index is 0.142. The second kappa shape index (κ2) is 11.6. The Hall–Kier alpha value is -3.07. The van der Waals surface area contributed by atoms with Crippen LogP contribution in [0.25, 0.3) is 0 Å². The molecular weight excluding hydrogens is 444 g/mol. The molecule has 2 N–H and O–H groups in total. The van der Waals surface area contributed by atoms with Crippen LogP contribution in [0, 0.1) is 11.8 Å². The van der Waals surface area contributed by atoms with Crippen LogP contribution in [0.3, 0.4) is 0 Å². The molecule has 1 saturated heterocycles. The topological polar surface area (TPSA) is 109 Å². The van der Waals surface area contributed by atoms with Crippen LogP contribution >= 0.6 is 0 Å². The highest BCUT2D eigenvalue weighted by Crippen LogP contribution is 2.26. The molecule has 1 aliphatic heterocycles. The molecule has 0 radical (unpaired) electrons. The zero-order valence-electron chi connectivity index (χ0n) is 21.7. The fourth-order valence-corrected chi connectivity index (χ4v) is 4.17. The van der Waals surface area contributed by atoms with Gasteiger partial charge in [-0.15, -0.1) is 0 Å². The number of carbonyl (C=O) groups is 2. The SMILES string of the molecule is COC(=O)[C@@H]1CNC[C@@H](N(CC(C)C)C(=O)c2cnc(C(C)(C)C)nc2NCc2cccnc2)C1. The van der Waals surface area contributed by atoms with Gasteiger partial charge in [0.2, 0.25) is 0 Å². The number of methoxy groups -OCH3 is 1. The zero-order chi connectivity index (χ0) is 25.6. The monoisotopic (exact) mass is 482 g/mol. The van der Waals surface area contributed by atoms with Crippen molar-refractivity contribution in [1.82, 2.24) is 25.2 Å². The average Bonchev–Trinajstić information content (AvgIpc) is 2.85. The van der Waals surface area contributed by atoms with Crippen LogP contribution in [-0.4, -0.2) is 64.5 Å².